The van der Waals surface area contributed by atoms with Crippen LogP contribution in [0, 0.1) is 0 Å². The highest BCUT2D eigenvalue weighted by molar-refractivity contribution is 5.15. The molecule has 0 saturated heterocycles. The van der Waals surface area contributed by atoms with Gasteiger partial charge >= 0.3 is 0 Å². The number of hydrogen-bond acceptors (Lipinski definition) is 0. The van der Waals surface area contributed by atoms with Crippen LogP contribution in [0.5, 0.6) is 0 Å². The summed E-state index contributed by atoms with van der Waals surface area (Å²) in [6.45, 7) is 13.0. The van der Waals surface area contributed by atoms with E-state index in [0.29, 0.717) is 6.04 Å². The number of nitrogens with zero attached hydrogens (tertiary/aromatic N) is 1. The molecule has 0 aromatic heterocycles. The summed E-state index contributed by atoms with van der Waals surface area (Å²) >= 11 is 0. The van der Waals surface area contributed by atoms with Gasteiger partial charge in [0.1, 0.15) is 0 Å². The number of quaternary nitrogens is 1. The summed E-state index contributed by atoms with van der Waals surface area (Å²) in [7, 11) is 0. The minimum absolute atomic E-state index is 0. The van der Waals surface area contributed by atoms with Crippen molar-refractivity contribution in [2.75, 3.05) is 19.6 Å². The quantitative estimate of drug-likeness (QED) is 0.650. The van der Waals surface area contributed by atoms with Crippen molar-refractivity contribution < 1.29 is 16.9 Å². The van der Waals surface area contributed by atoms with Gasteiger partial charge in [-0.15, -0.1) is 0 Å². The van der Waals surface area contributed by atoms with E-state index in [1.165, 1.54) is 36.1 Å². The number of hydrogen-bond donors (Lipinski definition) is 0. The molecule has 1 nitrogen and oxygen atoms in total. The highest BCUT2D eigenvalue weighted by Crippen LogP contribution is 2.17. The fourth-order valence-corrected chi connectivity index (χ4v) is 2.75. The van der Waals surface area contributed by atoms with Crippen molar-refractivity contribution in [2.45, 2.75) is 40.2 Å². The zero-order valence-corrected chi connectivity index (χ0v) is 12.4. The maximum atomic E-state index is 2.39. The molecule has 1 unspecified atom stereocenters. The van der Waals surface area contributed by atoms with Gasteiger partial charge in [-0.2, -0.15) is 0 Å². The summed E-state index contributed by atoms with van der Waals surface area (Å²) in [6, 6.07) is 11.6. The Hall–Kier alpha value is -0.530. The van der Waals surface area contributed by atoms with Crippen molar-refractivity contribution in [3.8, 4) is 0 Å². The third kappa shape index (κ3) is 4.01. The van der Waals surface area contributed by atoms with Crippen LogP contribution in [0.1, 0.15) is 33.3 Å². The normalized spacial score (nSPS) is 12.9. The molecule has 1 rings (SSSR count). The molecule has 0 aliphatic rings. The molecule has 0 heterocycles. The van der Waals surface area contributed by atoms with Crippen LogP contribution in [0.15, 0.2) is 30.3 Å². The van der Waals surface area contributed by atoms with Crippen molar-refractivity contribution in [1.82, 2.24) is 0 Å². The van der Waals surface area contributed by atoms with Crippen LogP contribution >= 0.6 is 0 Å². The molecule has 0 amide bonds. The van der Waals surface area contributed by atoms with Gasteiger partial charge < -0.3 is 16.9 Å². The lowest BCUT2D eigenvalue weighted by atomic mass is 10.0. The molecule has 0 bridgehead atoms. The van der Waals surface area contributed by atoms with E-state index in [9.17, 15) is 0 Å². The number of likely N-dealkylation sites (N-methyl/N-ethyl adjacent to an activating group) is 1. The topological polar surface area (TPSA) is 0 Å². The van der Waals surface area contributed by atoms with Crippen molar-refractivity contribution in [3.63, 3.8) is 0 Å². The molecule has 1 aromatic rings. The lowest BCUT2D eigenvalue weighted by molar-refractivity contribution is -0.944. The third-order valence-corrected chi connectivity index (χ3v) is 4.20. The first-order valence-corrected chi connectivity index (χ1v) is 6.58. The number of rotatable bonds is 6. The second kappa shape index (κ2) is 7.73. The van der Waals surface area contributed by atoms with E-state index in [1.54, 1.807) is 0 Å². The summed E-state index contributed by atoms with van der Waals surface area (Å²) in [5, 5.41) is 0. The minimum Gasteiger partial charge on any atom is -1.00 e. The van der Waals surface area contributed by atoms with E-state index >= 15 is 0 Å². The first-order valence-electron chi connectivity index (χ1n) is 6.58. The molecule has 0 N–H and O–H groups in total. The Kier molecular flexibility index (Phi) is 7.49. The largest absolute Gasteiger partial charge is 1.00 e. The molecule has 0 aliphatic heterocycles. The highest BCUT2D eigenvalue weighted by atomic mass is 35.5. The van der Waals surface area contributed by atoms with Crippen molar-refractivity contribution in [3.05, 3.63) is 35.9 Å². The average molecular weight is 256 g/mol. The standard InChI is InChI=1S/C15H26N.ClH/c1-5-16(6-2,7-3)14(4)13-15-11-9-8-10-12-15;/h8-12,14H,5-7,13H2,1-4H3;1H/q+1;/p-1. The van der Waals surface area contributed by atoms with Crippen molar-refractivity contribution in [1.29, 1.82) is 0 Å². The molecule has 0 fully saturated rings. The SMILES string of the molecule is CC[N+](CC)(CC)C(C)Cc1ccccc1.[Cl-]. The molecule has 1 aromatic carbocycles. The van der Waals surface area contributed by atoms with Crippen LogP contribution in [0.4, 0.5) is 0 Å². The second-order valence-electron chi connectivity index (χ2n) is 4.71. The van der Waals surface area contributed by atoms with E-state index in [4.69, 9.17) is 0 Å². The molecule has 0 spiro atoms. The van der Waals surface area contributed by atoms with Crippen LogP contribution < -0.4 is 12.4 Å². The molecule has 1 atom stereocenters. The fraction of sp³-hybridized carbons (Fsp3) is 0.600. The van der Waals surface area contributed by atoms with Crippen LogP contribution in [0.3, 0.4) is 0 Å². The molecule has 0 radical (unpaired) electrons. The Balaban J connectivity index is 0.00000256. The highest BCUT2D eigenvalue weighted by Gasteiger charge is 2.28. The summed E-state index contributed by atoms with van der Waals surface area (Å²) in [6.07, 6.45) is 1.19. The van der Waals surface area contributed by atoms with E-state index in [1.807, 2.05) is 0 Å². The minimum atomic E-state index is 0. The van der Waals surface area contributed by atoms with Gasteiger partial charge in [0.15, 0.2) is 0 Å². The van der Waals surface area contributed by atoms with Gasteiger partial charge in [0.2, 0.25) is 0 Å². The molecule has 0 saturated carbocycles. The lowest BCUT2D eigenvalue weighted by Crippen LogP contribution is -3.00. The Morgan fingerprint density at radius 3 is 1.82 bits per heavy atom. The summed E-state index contributed by atoms with van der Waals surface area (Å²) in [4.78, 5) is 0. The van der Waals surface area contributed by atoms with Crippen LogP contribution in [-0.2, 0) is 6.42 Å². The molecular formula is C15H26ClN. The summed E-state index contributed by atoms with van der Waals surface area (Å²) < 4.78 is 1.23. The zero-order chi connectivity index (χ0) is 12.0. The second-order valence-corrected chi connectivity index (χ2v) is 4.71. The smallest absolute Gasteiger partial charge is 0.0902 e. The zero-order valence-electron chi connectivity index (χ0n) is 11.6. The molecule has 0 aliphatic carbocycles. The molecule has 17 heavy (non-hydrogen) atoms. The number of benzene rings is 1. The van der Waals surface area contributed by atoms with E-state index in [-0.39, 0.29) is 12.4 Å². The van der Waals surface area contributed by atoms with Crippen LogP contribution in [-0.4, -0.2) is 30.2 Å². The van der Waals surface area contributed by atoms with Gasteiger partial charge in [0, 0.05) is 6.42 Å². The van der Waals surface area contributed by atoms with Gasteiger partial charge in [-0.3, -0.25) is 0 Å². The van der Waals surface area contributed by atoms with Crippen LogP contribution in [0.2, 0.25) is 0 Å². The van der Waals surface area contributed by atoms with Gasteiger partial charge in [-0.1, -0.05) is 30.3 Å². The predicted octanol–water partition coefficient (Wildman–Crippen LogP) is 0.498. The summed E-state index contributed by atoms with van der Waals surface area (Å²) in [5.74, 6) is 0. The van der Waals surface area contributed by atoms with Gasteiger partial charge in [0.05, 0.1) is 25.7 Å². The lowest BCUT2D eigenvalue weighted by Gasteiger charge is -2.41. The average Bonchev–Trinajstić information content (AvgIpc) is 2.33. The van der Waals surface area contributed by atoms with Crippen LogP contribution in [0.25, 0.3) is 0 Å². The van der Waals surface area contributed by atoms with E-state index in [0.717, 1.165) is 0 Å². The Bertz CT molecular complexity index is 285. The summed E-state index contributed by atoms with van der Waals surface area (Å²) in [5.41, 5.74) is 1.47. The van der Waals surface area contributed by atoms with Gasteiger partial charge in [-0.25, -0.2) is 0 Å². The third-order valence-electron chi connectivity index (χ3n) is 4.20. The monoisotopic (exact) mass is 255 g/mol. The predicted molar refractivity (Wildman–Crippen MR) is 71.5 cm³/mol. The van der Waals surface area contributed by atoms with E-state index in [2.05, 4.69) is 58.0 Å². The van der Waals surface area contributed by atoms with Crippen molar-refractivity contribution >= 4 is 0 Å². The Morgan fingerprint density at radius 1 is 0.941 bits per heavy atom. The molecular weight excluding hydrogens is 230 g/mol. The molecule has 98 valence electrons. The maximum Gasteiger partial charge on any atom is 0.0902 e. The molecule has 2 heteroatoms. The Morgan fingerprint density at radius 2 is 1.41 bits per heavy atom. The Labute approximate surface area is 113 Å². The maximum absolute atomic E-state index is 2.39. The van der Waals surface area contributed by atoms with Gasteiger partial charge in [0.25, 0.3) is 0 Å². The first kappa shape index (κ1) is 16.5. The first-order chi connectivity index (χ1) is 7.68. The number of halogens is 1. The van der Waals surface area contributed by atoms with E-state index < -0.39 is 0 Å². The van der Waals surface area contributed by atoms with Crippen molar-refractivity contribution in [2.24, 2.45) is 0 Å². The fourth-order valence-electron chi connectivity index (χ4n) is 2.75. The van der Waals surface area contributed by atoms with Gasteiger partial charge in [-0.05, 0) is 33.3 Å².